The summed E-state index contributed by atoms with van der Waals surface area (Å²) >= 11 is 0. The Kier molecular flexibility index (Phi) is 3.29. The Morgan fingerprint density at radius 2 is 2.05 bits per heavy atom. The zero-order chi connectivity index (χ0) is 13.2. The Morgan fingerprint density at radius 3 is 2.89 bits per heavy atom. The first-order chi connectivity index (χ1) is 9.24. The smallest absolute Gasteiger partial charge is 0.223 e. The maximum Gasteiger partial charge on any atom is 0.223 e. The first-order valence-electron chi connectivity index (χ1n) is 6.76. The Bertz CT molecular complexity index is 587. The summed E-state index contributed by atoms with van der Waals surface area (Å²) < 4.78 is 0. The van der Waals surface area contributed by atoms with Crippen LogP contribution in [0.2, 0.25) is 0 Å². The molecule has 0 amide bonds. The molecule has 2 N–H and O–H groups in total. The van der Waals surface area contributed by atoms with Crippen molar-refractivity contribution in [2.24, 2.45) is 0 Å². The van der Waals surface area contributed by atoms with Crippen LogP contribution in [-0.2, 0) is 0 Å². The molecule has 0 radical (unpaired) electrons. The van der Waals surface area contributed by atoms with Crippen LogP contribution in [0.4, 0.5) is 5.95 Å². The van der Waals surface area contributed by atoms with Gasteiger partial charge in [0.2, 0.25) is 5.95 Å². The molecule has 1 fully saturated rings. The van der Waals surface area contributed by atoms with Gasteiger partial charge >= 0.3 is 0 Å². The highest BCUT2D eigenvalue weighted by Gasteiger charge is 2.23. The minimum Gasteiger partial charge on any atom is -0.391 e. The predicted octanol–water partition coefficient (Wildman–Crippen LogP) is 2.05. The quantitative estimate of drug-likeness (QED) is 0.862. The van der Waals surface area contributed by atoms with Crippen molar-refractivity contribution >= 4 is 16.9 Å². The summed E-state index contributed by atoms with van der Waals surface area (Å²) in [6.07, 6.45) is 9.11. The number of pyridine rings is 1. The van der Waals surface area contributed by atoms with Crippen molar-refractivity contribution in [3.63, 3.8) is 0 Å². The summed E-state index contributed by atoms with van der Waals surface area (Å²) in [4.78, 5) is 13.0. The number of aliphatic hydroxyl groups excluding tert-OH is 1. The molecule has 0 bridgehead atoms. The second-order valence-electron chi connectivity index (χ2n) is 5.19. The lowest BCUT2D eigenvalue weighted by molar-refractivity contribution is 0.116. The molecule has 1 saturated carbocycles. The van der Waals surface area contributed by atoms with Crippen LogP contribution >= 0.6 is 0 Å². The predicted molar refractivity (Wildman–Crippen MR) is 74.0 cm³/mol. The van der Waals surface area contributed by atoms with Gasteiger partial charge in [-0.25, -0.2) is 9.97 Å². The molecule has 19 heavy (non-hydrogen) atoms. The number of aryl methyl sites for hydroxylation is 1. The average molecular weight is 258 g/mol. The van der Waals surface area contributed by atoms with E-state index in [4.69, 9.17) is 0 Å². The fourth-order valence-electron chi connectivity index (χ4n) is 2.61. The number of rotatable bonds is 2. The second kappa shape index (κ2) is 5.09. The first kappa shape index (κ1) is 12.3. The van der Waals surface area contributed by atoms with Crippen molar-refractivity contribution in [2.45, 2.75) is 44.8 Å². The number of hydrogen-bond acceptors (Lipinski definition) is 5. The Labute approximate surface area is 112 Å². The summed E-state index contributed by atoms with van der Waals surface area (Å²) in [7, 11) is 0. The van der Waals surface area contributed by atoms with Gasteiger partial charge in [-0.05, 0) is 25.3 Å². The van der Waals surface area contributed by atoms with Gasteiger partial charge in [0.05, 0.1) is 17.7 Å². The second-order valence-corrected chi connectivity index (χ2v) is 5.19. The van der Waals surface area contributed by atoms with E-state index in [9.17, 15) is 5.11 Å². The van der Waals surface area contributed by atoms with Crippen LogP contribution in [0.15, 0.2) is 18.6 Å². The molecular weight excluding hydrogens is 240 g/mol. The SMILES string of the molecule is Cc1cncc2cnc(NC3CCCCC3O)nc12. The van der Waals surface area contributed by atoms with E-state index < -0.39 is 0 Å². The van der Waals surface area contributed by atoms with E-state index >= 15 is 0 Å². The van der Waals surface area contributed by atoms with Crippen molar-refractivity contribution in [3.05, 3.63) is 24.2 Å². The van der Waals surface area contributed by atoms with Crippen molar-refractivity contribution in [1.82, 2.24) is 15.0 Å². The lowest BCUT2D eigenvalue weighted by atomic mass is 9.93. The normalized spacial score (nSPS) is 23.5. The topological polar surface area (TPSA) is 70.9 Å². The van der Waals surface area contributed by atoms with Gasteiger partial charge in [-0.15, -0.1) is 0 Å². The van der Waals surface area contributed by atoms with Crippen molar-refractivity contribution < 1.29 is 5.11 Å². The van der Waals surface area contributed by atoms with E-state index in [1.54, 1.807) is 18.6 Å². The molecule has 2 aromatic rings. The van der Waals surface area contributed by atoms with Gasteiger partial charge in [-0.1, -0.05) is 12.8 Å². The molecule has 0 aromatic carbocycles. The van der Waals surface area contributed by atoms with Crippen LogP contribution in [0, 0.1) is 6.92 Å². The molecule has 1 aliphatic rings. The molecule has 1 aliphatic carbocycles. The highest BCUT2D eigenvalue weighted by molar-refractivity contribution is 5.80. The summed E-state index contributed by atoms with van der Waals surface area (Å²) in [5, 5.41) is 14.2. The zero-order valence-electron chi connectivity index (χ0n) is 11.0. The fraction of sp³-hybridized carbons (Fsp3) is 0.500. The third kappa shape index (κ3) is 2.51. The van der Waals surface area contributed by atoms with Gasteiger partial charge in [-0.3, -0.25) is 4.98 Å². The Morgan fingerprint density at radius 1 is 1.21 bits per heavy atom. The molecule has 0 saturated heterocycles. The van der Waals surface area contributed by atoms with Crippen molar-refractivity contribution in [1.29, 1.82) is 0 Å². The molecule has 3 rings (SSSR count). The summed E-state index contributed by atoms with van der Waals surface area (Å²) in [6, 6.07) is 0.0633. The Balaban J connectivity index is 1.86. The monoisotopic (exact) mass is 258 g/mol. The van der Waals surface area contributed by atoms with Gasteiger partial charge in [0.1, 0.15) is 0 Å². The summed E-state index contributed by atoms with van der Waals surface area (Å²) in [5.41, 5.74) is 1.95. The van der Waals surface area contributed by atoms with Crippen LogP contribution in [0.5, 0.6) is 0 Å². The highest BCUT2D eigenvalue weighted by Crippen LogP contribution is 2.22. The Hall–Kier alpha value is -1.75. The molecule has 2 atom stereocenters. The molecule has 5 nitrogen and oxygen atoms in total. The third-order valence-electron chi connectivity index (χ3n) is 3.72. The van der Waals surface area contributed by atoms with Crippen molar-refractivity contribution in [2.75, 3.05) is 5.32 Å². The fourth-order valence-corrected chi connectivity index (χ4v) is 2.61. The zero-order valence-corrected chi connectivity index (χ0v) is 11.0. The number of aliphatic hydroxyl groups is 1. The molecule has 0 spiro atoms. The number of nitrogens with zero attached hydrogens (tertiary/aromatic N) is 3. The van der Waals surface area contributed by atoms with E-state index in [0.717, 1.165) is 42.1 Å². The maximum atomic E-state index is 9.97. The van der Waals surface area contributed by atoms with Crippen molar-refractivity contribution in [3.8, 4) is 0 Å². The molecule has 2 unspecified atom stereocenters. The lowest BCUT2D eigenvalue weighted by Crippen LogP contribution is -2.36. The van der Waals surface area contributed by atoms with Crippen LogP contribution in [0.3, 0.4) is 0 Å². The van der Waals surface area contributed by atoms with Gasteiger partial charge in [0.25, 0.3) is 0 Å². The minimum absolute atomic E-state index is 0.0633. The summed E-state index contributed by atoms with van der Waals surface area (Å²) in [6.45, 7) is 1.99. The van der Waals surface area contributed by atoms with Gasteiger partial charge in [0, 0.05) is 24.0 Å². The largest absolute Gasteiger partial charge is 0.391 e. The molecule has 100 valence electrons. The molecule has 0 aliphatic heterocycles. The van der Waals surface area contributed by atoms with Gasteiger partial charge in [0.15, 0.2) is 0 Å². The molecular formula is C14H18N4O. The number of nitrogens with one attached hydrogen (secondary N) is 1. The lowest BCUT2D eigenvalue weighted by Gasteiger charge is -2.28. The third-order valence-corrected chi connectivity index (χ3v) is 3.72. The van der Waals surface area contributed by atoms with Crippen LogP contribution in [0.25, 0.3) is 10.9 Å². The summed E-state index contributed by atoms with van der Waals surface area (Å²) in [5.74, 6) is 0.591. The highest BCUT2D eigenvalue weighted by atomic mass is 16.3. The van der Waals surface area contributed by atoms with Crippen LogP contribution in [0.1, 0.15) is 31.2 Å². The van der Waals surface area contributed by atoms with E-state index in [-0.39, 0.29) is 12.1 Å². The average Bonchev–Trinajstić information content (AvgIpc) is 2.42. The first-order valence-corrected chi connectivity index (χ1v) is 6.76. The molecule has 5 heteroatoms. The van der Waals surface area contributed by atoms with E-state index in [0.29, 0.717) is 5.95 Å². The minimum atomic E-state index is -0.299. The molecule has 2 aromatic heterocycles. The number of anilines is 1. The van der Waals surface area contributed by atoms with Gasteiger partial charge in [-0.2, -0.15) is 0 Å². The number of hydrogen-bond donors (Lipinski definition) is 2. The number of fused-ring (bicyclic) bond motifs is 1. The standard InChI is InChI=1S/C14H18N4O/c1-9-6-15-7-10-8-16-14(18-13(9)10)17-11-4-2-3-5-12(11)19/h6-8,11-12,19H,2-5H2,1H3,(H,16,17,18). The number of aromatic nitrogens is 3. The van der Waals surface area contributed by atoms with E-state index in [1.807, 2.05) is 6.92 Å². The molecule has 2 heterocycles. The van der Waals surface area contributed by atoms with Crippen LogP contribution in [-0.4, -0.2) is 32.2 Å². The van der Waals surface area contributed by atoms with E-state index in [1.165, 1.54) is 0 Å². The van der Waals surface area contributed by atoms with Crippen LogP contribution < -0.4 is 5.32 Å². The van der Waals surface area contributed by atoms with Gasteiger partial charge < -0.3 is 10.4 Å². The maximum absolute atomic E-state index is 9.97. The van der Waals surface area contributed by atoms with E-state index in [2.05, 4.69) is 20.3 Å².